The minimum atomic E-state index is -0.411. The van der Waals surface area contributed by atoms with Crippen molar-refractivity contribution in [3.63, 3.8) is 0 Å². The van der Waals surface area contributed by atoms with Crippen LogP contribution in [0.3, 0.4) is 0 Å². The quantitative estimate of drug-likeness (QED) is 0.909. The summed E-state index contributed by atoms with van der Waals surface area (Å²) in [4.78, 5) is 14.4. The molecular formula is C17H22FN3O. The lowest BCUT2D eigenvalue weighted by Crippen LogP contribution is -2.45. The first-order chi connectivity index (χ1) is 10.6. The first-order valence-electron chi connectivity index (χ1n) is 7.79. The summed E-state index contributed by atoms with van der Waals surface area (Å²) in [6.45, 7) is 4.10. The molecule has 22 heavy (non-hydrogen) atoms. The molecule has 0 aliphatic carbocycles. The number of piperidine rings is 1. The highest BCUT2D eigenvalue weighted by atomic mass is 19.1. The summed E-state index contributed by atoms with van der Waals surface area (Å²) >= 11 is 0. The molecule has 1 N–H and O–H groups in total. The number of benzene rings is 1. The third kappa shape index (κ3) is 4.54. The zero-order valence-electron chi connectivity index (χ0n) is 12.9. The number of halogens is 1. The van der Waals surface area contributed by atoms with Crippen LogP contribution in [0.1, 0.15) is 31.7 Å². The Balaban J connectivity index is 1.91. The van der Waals surface area contributed by atoms with Crippen molar-refractivity contribution in [1.29, 1.82) is 5.26 Å². The van der Waals surface area contributed by atoms with E-state index in [2.05, 4.69) is 16.3 Å². The van der Waals surface area contributed by atoms with Crippen LogP contribution in [-0.4, -0.2) is 29.9 Å². The topological polar surface area (TPSA) is 56.1 Å². The SMILES string of the molecule is CCC(C#N)NC(=O)C1CCCN(Cc2cccc(F)c2)C1. The van der Waals surface area contributed by atoms with Crippen molar-refractivity contribution in [2.24, 2.45) is 5.92 Å². The Bertz CT molecular complexity index is 555. The molecule has 1 heterocycles. The Hall–Kier alpha value is -1.93. The Labute approximate surface area is 130 Å². The van der Waals surface area contributed by atoms with Gasteiger partial charge in [0.05, 0.1) is 12.0 Å². The van der Waals surface area contributed by atoms with Crippen molar-refractivity contribution in [2.75, 3.05) is 13.1 Å². The van der Waals surface area contributed by atoms with Gasteiger partial charge in [0, 0.05) is 13.1 Å². The number of nitriles is 1. The fourth-order valence-electron chi connectivity index (χ4n) is 2.82. The van der Waals surface area contributed by atoms with Crippen LogP contribution in [-0.2, 0) is 11.3 Å². The highest BCUT2D eigenvalue weighted by molar-refractivity contribution is 5.79. The summed E-state index contributed by atoms with van der Waals surface area (Å²) in [5, 5.41) is 11.7. The molecule has 1 aromatic rings. The molecule has 1 saturated heterocycles. The van der Waals surface area contributed by atoms with Gasteiger partial charge in [0.25, 0.3) is 0 Å². The van der Waals surface area contributed by atoms with E-state index in [9.17, 15) is 9.18 Å². The number of rotatable bonds is 5. The zero-order chi connectivity index (χ0) is 15.9. The summed E-state index contributed by atoms with van der Waals surface area (Å²) in [6, 6.07) is 8.25. The lowest BCUT2D eigenvalue weighted by molar-refractivity contribution is -0.127. The second-order valence-electron chi connectivity index (χ2n) is 5.80. The van der Waals surface area contributed by atoms with Crippen molar-refractivity contribution in [3.8, 4) is 6.07 Å². The van der Waals surface area contributed by atoms with Crippen LogP contribution in [0.15, 0.2) is 24.3 Å². The lowest BCUT2D eigenvalue weighted by Gasteiger charge is -2.32. The predicted octanol–water partition coefficient (Wildman–Crippen LogP) is 2.46. The van der Waals surface area contributed by atoms with Crippen LogP contribution < -0.4 is 5.32 Å². The molecule has 0 radical (unpaired) electrons. The first-order valence-corrected chi connectivity index (χ1v) is 7.79. The molecule has 2 atom stereocenters. The van der Waals surface area contributed by atoms with Crippen molar-refractivity contribution in [1.82, 2.24) is 10.2 Å². The van der Waals surface area contributed by atoms with E-state index in [0.717, 1.165) is 24.9 Å². The van der Waals surface area contributed by atoms with Crippen LogP contribution in [0, 0.1) is 23.1 Å². The molecule has 1 aromatic carbocycles. The molecule has 4 nitrogen and oxygen atoms in total. The molecule has 0 saturated carbocycles. The average Bonchev–Trinajstić information content (AvgIpc) is 2.52. The molecular weight excluding hydrogens is 281 g/mol. The number of nitrogens with zero attached hydrogens (tertiary/aromatic N) is 2. The Morgan fingerprint density at radius 1 is 1.59 bits per heavy atom. The molecule has 0 spiro atoms. The summed E-state index contributed by atoms with van der Waals surface area (Å²) < 4.78 is 13.2. The number of amides is 1. The van der Waals surface area contributed by atoms with Crippen molar-refractivity contribution >= 4 is 5.91 Å². The number of likely N-dealkylation sites (tertiary alicyclic amines) is 1. The predicted molar refractivity (Wildman–Crippen MR) is 82.2 cm³/mol. The van der Waals surface area contributed by atoms with Crippen LogP contribution >= 0.6 is 0 Å². The van der Waals surface area contributed by atoms with Gasteiger partial charge in [-0.25, -0.2) is 4.39 Å². The Morgan fingerprint density at radius 2 is 2.41 bits per heavy atom. The second-order valence-corrected chi connectivity index (χ2v) is 5.80. The van der Waals surface area contributed by atoms with Crippen molar-refractivity contribution in [3.05, 3.63) is 35.6 Å². The van der Waals surface area contributed by atoms with Gasteiger partial charge >= 0.3 is 0 Å². The summed E-state index contributed by atoms with van der Waals surface area (Å²) in [6.07, 6.45) is 2.39. The Kier molecular flexibility index (Phi) is 5.91. The molecule has 1 aliphatic rings. The maximum Gasteiger partial charge on any atom is 0.225 e. The monoisotopic (exact) mass is 303 g/mol. The molecule has 0 bridgehead atoms. The zero-order valence-corrected chi connectivity index (χ0v) is 12.9. The van der Waals surface area contributed by atoms with E-state index in [1.165, 1.54) is 12.1 Å². The maximum absolute atomic E-state index is 13.2. The van der Waals surface area contributed by atoms with Crippen molar-refractivity contribution < 1.29 is 9.18 Å². The van der Waals surface area contributed by atoms with Gasteiger partial charge in [0.2, 0.25) is 5.91 Å². The number of hydrogen-bond acceptors (Lipinski definition) is 3. The number of carbonyl (C=O) groups is 1. The largest absolute Gasteiger partial charge is 0.340 e. The van der Waals surface area contributed by atoms with Gasteiger partial charge in [-0.3, -0.25) is 9.69 Å². The van der Waals surface area contributed by atoms with Gasteiger partial charge < -0.3 is 5.32 Å². The maximum atomic E-state index is 13.2. The minimum Gasteiger partial charge on any atom is -0.340 e. The first kappa shape index (κ1) is 16.4. The molecule has 5 heteroatoms. The highest BCUT2D eigenvalue weighted by Crippen LogP contribution is 2.19. The fourth-order valence-corrected chi connectivity index (χ4v) is 2.82. The number of hydrogen-bond donors (Lipinski definition) is 1. The third-order valence-electron chi connectivity index (χ3n) is 4.05. The molecule has 1 fully saturated rings. The smallest absolute Gasteiger partial charge is 0.225 e. The molecule has 0 aromatic heterocycles. The number of nitrogens with one attached hydrogen (secondary N) is 1. The fraction of sp³-hybridized carbons (Fsp3) is 0.529. The van der Waals surface area contributed by atoms with E-state index >= 15 is 0 Å². The van der Waals surface area contributed by atoms with Gasteiger partial charge in [-0.2, -0.15) is 5.26 Å². The molecule has 1 aliphatic heterocycles. The van der Waals surface area contributed by atoms with Crippen LogP contribution in [0.2, 0.25) is 0 Å². The van der Waals surface area contributed by atoms with Crippen LogP contribution in [0.25, 0.3) is 0 Å². The van der Waals surface area contributed by atoms with Crippen molar-refractivity contribution in [2.45, 2.75) is 38.8 Å². The standard InChI is InChI=1S/C17H22FN3O/c1-2-16(10-19)20-17(22)14-6-4-8-21(12-14)11-13-5-3-7-15(18)9-13/h3,5,7,9,14,16H,2,4,6,8,11-12H2,1H3,(H,20,22). The van der Waals surface area contributed by atoms with E-state index < -0.39 is 6.04 Å². The summed E-state index contributed by atoms with van der Waals surface area (Å²) in [7, 11) is 0. The minimum absolute atomic E-state index is 0.0441. The van der Waals surface area contributed by atoms with E-state index in [1.54, 1.807) is 6.07 Å². The molecule has 1 amide bonds. The average molecular weight is 303 g/mol. The van der Waals surface area contributed by atoms with Gasteiger partial charge in [-0.05, 0) is 43.5 Å². The van der Waals surface area contributed by atoms with Crippen LogP contribution in [0.4, 0.5) is 4.39 Å². The normalized spacial score (nSPS) is 20.1. The lowest BCUT2D eigenvalue weighted by atomic mass is 9.96. The third-order valence-corrected chi connectivity index (χ3v) is 4.05. The molecule has 2 unspecified atom stereocenters. The van der Waals surface area contributed by atoms with Gasteiger partial charge in [-0.1, -0.05) is 19.1 Å². The molecule has 118 valence electrons. The van der Waals surface area contributed by atoms with Crippen LogP contribution in [0.5, 0.6) is 0 Å². The molecule has 2 rings (SSSR count). The number of carbonyl (C=O) groups excluding carboxylic acids is 1. The Morgan fingerprint density at radius 3 is 3.09 bits per heavy atom. The van der Waals surface area contributed by atoms with E-state index in [1.807, 2.05) is 13.0 Å². The van der Waals surface area contributed by atoms with E-state index in [0.29, 0.717) is 19.5 Å². The summed E-state index contributed by atoms with van der Waals surface area (Å²) in [5.74, 6) is -0.370. The van der Waals surface area contributed by atoms with Gasteiger partial charge in [0.1, 0.15) is 11.9 Å². The van der Waals surface area contributed by atoms with E-state index in [4.69, 9.17) is 5.26 Å². The van der Waals surface area contributed by atoms with E-state index in [-0.39, 0.29) is 17.6 Å². The highest BCUT2D eigenvalue weighted by Gasteiger charge is 2.26. The summed E-state index contributed by atoms with van der Waals surface area (Å²) in [5.41, 5.74) is 0.921. The van der Waals surface area contributed by atoms with Gasteiger partial charge in [-0.15, -0.1) is 0 Å². The second kappa shape index (κ2) is 7.90. The van der Waals surface area contributed by atoms with Gasteiger partial charge in [0.15, 0.2) is 0 Å².